The molecule has 0 aromatic heterocycles. The molecule has 0 saturated heterocycles. The molecule has 0 radical (unpaired) electrons. The molecule has 16 heavy (non-hydrogen) atoms. The number of benzene rings is 2. The molecule has 0 saturated carbocycles. The summed E-state index contributed by atoms with van der Waals surface area (Å²) in [5.74, 6) is 0. The van der Waals surface area contributed by atoms with Crippen molar-refractivity contribution in [3.63, 3.8) is 0 Å². The molecule has 2 nitrogen and oxygen atoms in total. The van der Waals surface area contributed by atoms with Gasteiger partial charge in [-0.05, 0) is 36.2 Å². The van der Waals surface area contributed by atoms with Crippen LogP contribution in [0.2, 0.25) is 0 Å². The van der Waals surface area contributed by atoms with E-state index < -0.39 is 0 Å². The maximum Gasteiger partial charge on any atom is 0.0400 e. The van der Waals surface area contributed by atoms with Gasteiger partial charge in [0.05, 0.1) is 0 Å². The van der Waals surface area contributed by atoms with Gasteiger partial charge >= 0.3 is 0 Å². The fourth-order valence-corrected chi connectivity index (χ4v) is 1.71. The Hall–Kier alpha value is -1.96. The highest BCUT2D eigenvalue weighted by Crippen LogP contribution is 2.16. The Balaban J connectivity index is 2.05. The molecule has 0 atom stereocenters. The van der Waals surface area contributed by atoms with Crippen LogP contribution in [0.15, 0.2) is 48.5 Å². The number of nitrogens with two attached hydrogens (primary N) is 1. The molecular weight excluding hydrogens is 196 g/mol. The quantitative estimate of drug-likeness (QED) is 0.767. The average Bonchev–Trinajstić information content (AvgIpc) is 2.27. The van der Waals surface area contributed by atoms with Crippen molar-refractivity contribution >= 4 is 11.4 Å². The molecule has 2 heteroatoms. The van der Waals surface area contributed by atoms with Crippen molar-refractivity contribution in [3.05, 3.63) is 59.7 Å². The largest absolute Gasteiger partial charge is 0.399 e. The third kappa shape index (κ3) is 2.76. The summed E-state index contributed by atoms with van der Waals surface area (Å²) in [5, 5.41) is 3.36. The molecule has 0 aliphatic rings. The second kappa shape index (κ2) is 4.71. The highest BCUT2D eigenvalue weighted by molar-refractivity contribution is 5.56. The van der Waals surface area contributed by atoms with Crippen molar-refractivity contribution in [2.75, 3.05) is 11.1 Å². The Morgan fingerprint density at radius 1 is 1.06 bits per heavy atom. The van der Waals surface area contributed by atoms with Crippen LogP contribution in [0.5, 0.6) is 0 Å². The number of rotatable bonds is 3. The molecule has 2 rings (SSSR count). The monoisotopic (exact) mass is 212 g/mol. The lowest BCUT2D eigenvalue weighted by Crippen LogP contribution is -2.00. The second-order valence-corrected chi connectivity index (χ2v) is 3.97. The Kier molecular flexibility index (Phi) is 3.10. The minimum Gasteiger partial charge on any atom is -0.399 e. The molecule has 0 spiro atoms. The molecule has 0 bridgehead atoms. The Morgan fingerprint density at radius 2 is 1.81 bits per heavy atom. The van der Waals surface area contributed by atoms with Gasteiger partial charge in [-0.1, -0.05) is 30.3 Å². The van der Waals surface area contributed by atoms with Crippen LogP contribution < -0.4 is 11.1 Å². The highest BCUT2D eigenvalue weighted by Gasteiger charge is 1.96. The minimum atomic E-state index is 0.801. The van der Waals surface area contributed by atoms with Gasteiger partial charge in [-0.2, -0.15) is 0 Å². The van der Waals surface area contributed by atoms with Crippen LogP contribution in [0, 0.1) is 6.92 Å². The van der Waals surface area contributed by atoms with Gasteiger partial charge in [0, 0.05) is 17.9 Å². The lowest BCUT2D eigenvalue weighted by Gasteiger charge is -2.08. The zero-order chi connectivity index (χ0) is 11.4. The van der Waals surface area contributed by atoms with Gasteiger partial charge < -0.3 is 11.1 Å². The zero-order valence-corrected chi connectivity index (χ0v) is 9.40. The topological polar surface area (TPSA) is 38.0 Å². The molecule has 0 aliphatic heterocycles. The zero-order valence-electron chi connectivity index (χ0n) is 9.40. The first-order chi connectivity index (χ1) is 7.74. The third-order valence-electron chi connectivity index (χ3n) is 2.44. The lowest BCUT2D eigenvalue weighted by molar-refractivity contribution is 1.15. The van der Waals surface area contributed by atoms with Crippen molar-refractivity contribution in [2.45, 2.75) is 13.5 Å². The van der Waals surface area contributed by atoms with Crippen molar-refractivity contribution < 1.29 is 0 Å². The summed E-state index contributed by atoms with van der Waals surface area (Å²) in [5.41, 5.74) is 10.1. The molecule has 0 fully saturated rings. The van der Waals surface area contributed by atoms with Crippen LogP contribution >= 0.6 is 0 Å². The summed E-state index contributed by atoms with van der Waals surface area (Å²) in [6.45, 7) is 2.87. The molecule has 0 amide bonds. The highest BCUT2D eigenvalue weighted by atomic mass is 14.9. The molecule has 2 aromatic rings. The Bertz CT molecular complexity index is 443. The average molecular weight is 212 g/mol. The van der Waals surface area contributed by atoms with Crippen molar-refractivity contribution in [1.29, 1.82) is 0 Å². The van der Waals surface area contributed by atoms with E-state index in [9.17, 15) is 0 Å². The minimum absolute atomic E-state index is 0.801. The Morgan fingerprint density at radius 3 is 2.50 bits per heavy atom. The van der Waals surface area contributed by atoms with Crippen molar-refractivity contribution in [2.24, 2.45) is 0 Å². The van der Waals surface area contributed by atoms with Crippen LogP contribution in [-0.2, 0) is 6.54 Å². The first kappa shape index (κ1) is 10.6. The van der Waals surface area contributed by atoms with Crippen LogP contribution in [0.1, 0.15) is 11.1 Å². The van der Waals surface area contributed by atoms with E-state index in [0.29, 0.717) is 0 Å². The molecule has 3 N–H and O–H groups in total. The van der Waals surface area contributed by atoms with Crippen LogP contribution in [0.3, 0.4) is 0 Å². The fourth-order valence-electron chi connectivity index (χ4n) is 1.71. The molecular formula is C14H16N2. The first-order valence-electron chi connectivity index (χ1n) is 5.39. The predicted octanol–water partition coefficient (Wildman–Crippen LogP) is 3.19. The van der Waals surface area contributed by atoms with E-state index in [0.717, 1.165) is 17.9 Å². The van der Waals surface area contributed by atoms with E-state index in [4.69, 9.17) is 5.73 Å². The number of nitrogen functional groups attached to an aromatic ring is 1. The molecule has 2 aromatic carbocycles. The van der Waals surface area contributed by atoms with E-state index in [1.165, 1.54) is 11.1 Å². The van der Waals surface area contributed by atoms with E-state index in [1.807, 2.05) is 37.3 Å². The van der Waals surface area contributed by atoms with Gasteiger partial charge in [0.15, 0.2) is 0 Å². The maximum atomic E-state index is 5.79. The van der Waals surface area contributed by atoms with Gasteiger partial charge in [-0.25, -0.2) is 0 Å². The standard InChI is InChI=1S/C14H16N2/c1-11-7-13(15)9-14(8-11)16-10-12-5-3-2-4-6-12/h2-9,16H,10,15H2,1H3. The lowest BCUT2D eigenvalue weighted by atomic mass is 10.2. The van der Waals surface area contributed by atoms with Gasteiger partial charge in [0.1, 0.15) is 0 Å². The van der Waals surface area contributed by atoms with Crippen LogP contribution in [-0.4, -0.2) is 0 Å². The second-order valence-electron chi connectivity index (χ2n) is 3.97. The first-order valence-corrected chi connectivity index (χ1v) is 5.39. The number of anilines is 2. The third-order valence-corrected chi connectivity index (χ3v) is 2.44. The van der Waals surface area contributed by atoms with E-state index in [-0.39, 0.29) is 0 Å². The van der Waals surface area contributed by atoms with Crippen molar-refractivity contribution in [1.82, 2.24) is 0 Å². The molecule has 0 unspecified atom stereocenters. The molecule has 82 valence electrons. The van der Waals surface area contributed by atoms with E-state index >= 15 is 0 Å². The van der Waals surface area contributed by atoms with Crippen LogP contribution in [0.4, 0.5) is 11.4 Å². The fraction of sp³-hybridized carbons (Fsp3) is 0.143. The van der Waals surface area contributed by atoms with E-state index in [1.54, 1.807) is 0 Å². The summed E-state index contributed by atoms with van der Waals surface area (Å²) in [6.07, 6.45) is 0. The SMILES string of the molecule is Cc1cc(N)cc(NCc2ccccc2)c1. The van der Waals surface area contributed by atoms with Gasteiger partial charge in [-0.15, -0.1) is 0 Å². The maximum absolute atomic E-state index is 5.79. The molecule has 0 heterocycles. The smallest absolute Gasteiger partial charge is 0.0400 e. The number of hydrogen-bond acceptors (Lipinski definition) is 2. The van der Waals surface area contributed by atoms with Gasteiger partial charge in [-0.3, -0.25) is 0 Å². The van der Waals surface area contributed by atoms with Crippen molar-refractivity contribution in [3.8, 4) is 0 Å². The Labute approximate surface area is 96.1 Å². The summed E-state index contributed by atoms with van der Waals surface area (Å²) in [6, 6.07) is 16.3. The van der Waals surface area contributed by atoms with E-state index in [2.05, 4.69) is 23.5 Å². The van der Waals surface area contributed by atoms with Gasteiger partial charge in [0.25, 0.3) is 0 Å². The summed E-state index contributed by atoms with van der Waals surface area (Å²) >= 11 is 0. The van der Waals surface area contributed by atoms with Gasteiger partial charge in [0.2, 0.25) is 0 Å². The molecule has 0 aliphatic carbocycles. The van der Waals surface area contributed by atoms with Crippen LogP contribution in [0.25, 0.3) is 0 Å². The summed E-state index contributed by atoms with van der Waals surface area (Å²) < 4.78 is 0. The predicted molar refractivity (Wildman–Crippen MR) is 69.4 cm³/mol. The number of hydrogen-bond donors (Lipinski definition) is 2. The number of aryl methyl sites for hydroxylation is 1. The summed E-state index contributed by atoms with van der Waals surface area (Å²) in [7, 11) is 0. The summed E-state index contributed by atoms with van der Waals surface area (Å²) in [4.78, 5) is 0. The number of nitrogens with one attached hydrogen (secondary N) is 1. The normalized spacial score (nSPS) is 10.1.